The first-order chi connectivity index (χ1) is 13.9. The van der Waals surface area contributed by atoms with E-state index in [0.717, 1.165) is 12.1 Å². The molecule has 1 amide bonds. The highest BCUT2D eigenvalue weighted by molar-refractivity contribution is 5.93. The van der Waals surface area contributed by atoms with E-state index in [1.165, 1.54) is 12.1 Å². The molecule has 1 heterocycles. The Morgan fingerprint density at radius 3 is 2.48 bits per heavy atom. The van der Waals surface area contributed by atoms with Crippen molar-refractivity contribution in [3.63, 3.8) is 0 Å². The highest BCUT2D eigenvalue weighted by Crippen LogP contribution is 2.23. The number of hydrogen-bond acceptors (Lipinski definition) is 5. The third-order valence-electron chi connectivity index (χ3n) is 4.03. The molecule has 0 radical (unpaired) electrons. The Hall–Kier alpha value is -3.39. The average Bonchev–Trinajstić information content (AvgIpc) is 2.70. The first-order valence-corrected chi connectivity index (χ1v) is 9.02. The quantitative estimate of drug-likeness (QED) is 0.639. The molecule has 8 heteroatoms. The van der Waals surface area contributed by atoms with Crippen LogP contribution in [0.2, 0.25) is 0 Å². The fourth-order valence-corrected chi connectivity index (χ4v) is 2.56. The van der Waals surface area contributed by atoms with Crippen LogP contribution in [-0.4, -0.2) is 48.0 Å². The van der Waals surface area contributed by atoms with Gasteiger partial charge in [0.05, 0.1) is 5.69 Å². The molecule has 0 aliphatic rings. The molecule has 0 saturated heterocycles. The van der Waals surface area contributed by atoms with Gasteiger partial charge in [0.1, 0.15) is 23.1 Å². The number of anilines is 2. The fourth-order valence-electron chi connectivity index (χ4n) is 2.56. The van der Waals surface area contributed by atoms with Gasteiger partial charge in [0.2, 0.25) is 0 Å². The molecule has 0 atom stereocenters. The van der Waals surface area contributed by atoms with Crippen LogP contribution in [0.1, 0.15) is 10.5 Å². The molecule has 3 aromatic rings. The summed E-state index contributed by atoms with van der Waals surface area (Å²) in [5, 5.41) is 5.59. The number of nitrogens with zero attached hydrogens (tertiary/aromatic N) is 3. The lowest BCUT2D eigenvalue weighted by Crippen LogP contribution is -2.32. The first-order valence-electron chi connectivity index (χ1n) is 9.02. The molecule has 29 heavy (non-hydrogen) atoms. The summed E-state index contributed by atoms with van der Waals surface area (Å²) < 4.78 is 27.2. The van der Waals surface area contributed by atoms with Gasteiger partial charge >= 0.3 is 0 Å². The lowest BCUT2D eigenvalue weighted by molar-refractivity contribution is 0.0946. The van der Waals surface area contributed by atoms with Crippen molar-refractivity contribution < 1.29 is 13.6 Å². The van der Waals surface area contributed by atoms with Crippen molar-refractivity contribution in [2.24, 2.45) is 0 Å². The summed E-state index contributed by atoms with van der Waals surface area (Å²) in [6.07, 6.45) is 0. The summed E-state index contributed by atoms with van der Waals surface area (Å²) >= 11 is 0. The Morgan fingerprint density at radius 1 is 1.03 bits per heavy atom. The second-order valence-electron chi connectivity index (χ2n) is 6.64. The largest absolute Gasteiger partial charge is 0.349 e. The van der Waals surface area contributed by atoms with Crippen molar-refractivity contribution in [2.75, 3.05) is 32.5 Å². The fraction of sp³-hybridized carbons (Fsp3) is 0.190. The zero-order valence-electron chi connectivity index (χ0n) is 16.1. The second kappa shape index (κ2) is 9.20. The van der Waals surface area contributed by atoms with Crippen LogP contribution in [0, 0.1) is 11.6 Å². The molecule has 0 aliphatic heterocycles. The van der Waals surface area contributed by atoms with Crippen LogP contribution in [0.15, 0.2) is 54.6 Å². The lowest BCUT2D eigenvalue weighted by Gasteiger charge is -2.12. The van der Waals surface area contributed by atoms with E-state index in [-0.39, 0.29) is 23.1 Å². The molecule has 0 aliphatic carbocycles. The van der Waals surface area contributed by atoms with Crippen LogP contribution in [0.4, 0.5) is 20.3 Å². The van der Waals surface area contributed by atoms with Gasteiger partial charge < -0.3 is 15.5 Å². The van der Waals surface area contributed by atoms with E-state index < -0.39 is 11.6 Å². The molecule has 0 fully saturated rings. The minimum atomic E-state index is -0.762. The molecule has 0 saturated carbocycles. The van der Waals surface area contributed by atoms with Crippen LogP contribution in [0.5, 0.6) is 0 Å². The summed E-state index contributed by atoms with van der Waals surface area (Å²) in [6, 6.07) is 13.7. The van der Waals surface area contributed by atoms with Gasteiger partial charge in [0, 0.05) is 30.8 Å². The van der Waals surface area contributed by atoms with Crippen LogP contribution in [0.3, 0.4) is 0 Å². The van der Waals surface area contributed by atoms with Crippen molar-refractivity contribution in [3.05, 3.63) is 71.9 Å². The molecule has 6 nitrogen and oxygen atoms in total. The van der Waals surface area contributed by atoms with Crippen molar-refractivity contribution >= 4 is 17.4 Å². The molecule has 3 rings (SSSR count). The molecular weight excluding hydrogens is 376 g/mol. The topological polar surface area (TPSA) is 70.2 Å². The summed E-state index contributed by atoms with van der Waals surface area (Å²) in [5.41, 5.74) is 0.892. The Balaban J connectivity index is 1.93. The van der Waals surface area contributed by atoms with E-state index in [2.05, 4.69) is 20.6 Å². The molecule has 150 valence electrons. The van der Waals surface area contributed by atoms with Crippen LogP contribution >= 0.6 is 0 Å². The number of nitrogens with one attached hydrogen (secondary N) is 2. The minimum Gasteiger partial charge on any atom is -0.349 e. The van der Waals surface area contributed by atoms with Crippen molar-refractivity contribution in [2.45, 2.75) is 0 Å². The number of likely N-dealkylation sites (N-methyl/N-ethyl adjacent to an activating group) is 1. The zero-order chi connectivity index (χ0) is 20.8. The Kier molecular flexibility index (Phi) is 6.46. The summed E-state index contributed by atoms with van der Waals surface area (Å²) in [5.74, 6) is -1.27. The molecule has 0 spiro atoms. The predicted molar refractivity (Wildman–Crippen MR) is 108 cm³/mol. The summed E-state index contributed by atoms with van der Waals surface area (Å²) in [4.78, 5) is 23.2. The maximum absolute atomic E-state index is 14.0. The third-order valence-corrected chi connectivity index (χ3v) is 4.03. The number of rotatable bonds is 7. The molecule has 1 aromatic heterocycles. The predicted octanol–water partition coefficient (Wildman–Crippen LogP) is 3.46. The van der Waals surface area contributed by atoms with E-state index in [1.54, 1.807) is 0 Å². The number of halogens is 2. The van der Waals surface area contributed by atoms with Gasteiger partial charge in [-0.1, -0.05) is 30.3 Å². The number of amides is 1. The van der Waals surface area contributed by atoms with Crippen molar-refractivity contribution in [3.8, 4) is 11.4 Å². The van der Waals surface area contributed by atoms with E-state index in [9.17, 15) is 13.6 Å². The van der Waals surface area contributed by atoms with E-state index in [4.69, 9.17) is 0 Å². The van der Waals surface area contributed by atoms with E-state index in [1.807, 2.05) is 49.3 Å². The van der Waals surface area contributed by atoms with Gasteiger partial charge in [-0.2, -0.15) is 0 Å². The van der Waals surface area contributed by atoms with Gasteiger partial charge in [-0.15, -0.1) is 0 Å². The number of aromatic nitrogens is 2. The maximum atomic E-state index is 14.0. The Bertz CT molecular complexity index is 996. The molecule has 2 aromatic carbocycles. The molecule has 0 bridgehead atoms. The van der Waals surface area contributed by atoms with Gasteiger partial charge in [-0.3, -0.25) is 4.79 Å². The SMILES string of the molecule is CN(C)CCNC(=O)c1cc(Nc2ccc(F)cc2F)nc(-c2ccccc2)n1. The monoisotopic (exact) mass is 397 g/mol. The number of carbonyl (C=O) groups is 1. The Morgan fingerprint density at radius 2 is 1.79 bits per heavy atom. The molecule has 0 unspecified atom stereocenters. The first kappa shape index (κ1) is 20.3. The number of carbonyl (C=O) groups excluding carboxylic acids is 1. The maximum Gasteiger partial charge on any atom is 0.270 e. The van der Waals surface area contributed by atoms with Crippen LogP contribution < -0.4 is 10.6 Å². The van der Waals surface area contributed by atoms with Crippen LogP contribution in [-0.2, 0) is 0 Å². The Labute approximate surface area is 167 Å². The normalized spacial score (nSPS) is 10.8. The highest BCUT2D eigenvalue weighted by Gasteiger charge is 2.14. The van der Waals surface area contributed by atoms with Crippen molar-refractivity contribution in [1.82, 2.24) is 20.2 Å². The smallest absolute Gasteiger partial charge is 0.270 e. The lowest BCUT2D eigenvalue weighted by atomic mass is 10.2. The highest BCUT2D eigenvalue weighted by atomic mass is 19.1. The molecular formula is C21H21F2N5O. The summed E-state index contributed by atoms with van der Waals surface area (Å²) in [6.45, 7) is 1.13. The average molecular weight is 397 g/mol. The van der Waals surface area contributed by atoms with E-state index >= 15 is 0 Å². The van der Waals surface area contributed by atoms with Crippen LogP contribution in [0.25, 0.3) is 11.4 Å². The van der Waals surface area contributed by atoms with Gasteiger partial charge in [0.15, 0.2) is 5.82 Å². The van der Waals surface area contributed by atoms with Crippen molar-refractivity contribution in [1.29, 1.82) is 0 Å². The van der Waals surface area contributed by atoms with E-state index in [0.29, 0.717) is 24.5 Å². The number of hydrogen-bond donors (Lipinski definition) is 2. The minimum absolute atomic E-state index is 0.0445. The number of benzene rings is 2. The second-order valence-corrected chi connectivity index (χ2v) is 6.64. The standard InChI is InChI=1S/C21H21F2N5O/c1-28(2)11-10-24-21(29)18-13-19(25-17-9-8-15(22)12-16(17)23)27-20(26-18)14-6-4-3-5-7-14/h3-9,12-13H,10-11H2,1-2H3,(H,24,29)(H,25,26,27). The third kappa shape index (κ3) is 5.55. The summed E-state index contributed by atoms with van der Waals surface area (Å²) in [7, 11) is 3.81. The zero-order valence-corrected chi connectivity index (χ0v) is 16.1. The van der Waals surface area contributed by atoms with Gasteiger partial charge in [-0.05, 0) is 26.2 Å². The molecule has 2 N–H and O–H groups in total. The van der Waals surface area contributed by atoms with Gasteiger partial charge in [0.25, 0.3) is 5.91 Å². The van der Waals surface area contributed by atoms with Gasteiger partial charge in [-0.25, -0.2) is 18.7 Å².